The quantitative estimate of drug-likeness (QED) is 0.751. The summed E-state index contributed by atoms with van der Waals surface area (Å²) in [5.74, 6) is 0.107. The highest BCUT2D eigenvalue weighted by molar-refractivity contribution is 5.89. The smallest absolute Gasteiger partial charge is 0.338 e. The molecule has 0 aromatic heterocycles. The second-order valence-electron chi connectivity index (χ2n) is 4.94. The molecule has 0 saturated carbocycles. The summed E-state index contributed by atoms with van der Waals surface area (Å²) in [6, 6.07) is 9.11. The molecule has 1 aromatic rings. The van der Waals surface area contributed by atoms with Gasteiger partial charge >= 0.3 is 5.97 Å². The third kappa shape index (κ3) is 3.84. The minimum atomic E-state index is -0.241. The van der Waals surface area contributed by atoms with Gasteiger partial charge in [0.2, 0.25) is 0 Å². The molecule has 2 unspecified atom stereocenters. The molecule has 1 fully saturated rings. The summed E-state index contributed by atoms with van der Waals surface area (Å²) in [5.41, 5.74) is 0.613. The highest BCUT2D eigenvalue weighted by Crippen LogP contribution is 2.20. The van der Waals surface area contributed by atoms with Crippen LogP contribution in [0.2, 0.25) is 0 Å². The number of carbonyl (C=O) groups is 1. The first-order chi connectivity index (χ1) is 8.75. The van der Waals surface area contributed by atoms with E-state index >= 15 is 0 Å². The van der Waals surface area contributed by atoms with Gasteiger partial charge in [-0.15, -0.1) is 0 Å². The van der Waals surface area contributed by atoms with Crippen LogP contribution in [-0.2, 0) is 9.47 Å². The van der Waals surface area contributed by atoms with E-state index in [9.17, 15) is 4.79 Å². The summed E-state index contributed by atoms with van der Waals surface area (Å²) in [6.45, 7) is 3.44. The SMILES string of the molecule is CC(COC(=O)c1ccccc1)CC1CCCO1. The lowest BCUT2D eigenvalue weighted by atomic mass is 10.0. The van der Waals surface area contributed by atoms with Crippen molar-refractivity contribution in [2.24, 2.45) is 5.92 Å². The zero-order valence-corrected chi connectivity index (χ0v) is 10.8. The maximum Gasteiger partial charge on any atom is 0.338 e. The largest absolute Gasteiger partial charge is 0.462 e. The van der Waals surface area contributed by atoms with E-state index in [2.05, 4.69) is 6.92 Å². The van der Waals surface area contributed by atoms with Crippen molar-refractivity contribution in [3.63, 3.8) is 0 Å². The van der Waals surface area contributed by atoms with E-state index in [1.54, 1.807) is 12.1 Å². The van der Waals surface area contributed by atoms with Crippen LogP contribution < -0.4 is 0 Å². The number of ether oxygens (including phenoxy) is 2. The minimum Gasteiger partial charge on any atom is -0.462 e. The van der Waals surface area contributed by atoms with Crippen LogP contribution in [0, 0.1) is 5.92 Å². The zero-order valence-electron chi connectivity index (χ0n) is 10.8. The lowest BCUT2D eigenvalue weighted by molar-refractivity contribution is 0.0365. The van der Waals surface area contributed by atoms with Crippen molar-refractivity contribution >= 4 is 5.97 Å². The van der Waals surface area contributed by atoms with Gasteiger partial charge in [-0.05, 0) is 37.3 Å². The Kier molecular flexibility index (Phi) is 4.76. The summed E-state index contributed by atoms with van der Waals surface area (Å²) < 4.78 is 10.9. The van der Waals surface area contributed by atoms with Gasteiger partial charge in [0.05, 0.1) is 18.3 Å². The average Bonchev–Trinajstić information content (AvgIpc) is 2.90. The molecule has 0 N–H and O–H groups in total. The Bertz CT molecular complexity index is 369. The van der Waals surface area contributed by atoms with E-state index in [1.807, 2.05) is 18.2 Å². The highest BCUT2D eigenvalue weighted by atomic mass is 16.5. The molecule has 0 amide bonds. The minimum absolute atomic E-state index is 0.241. The fourth-order valence-electron chi connectivity index (χ4n) is 2.22. The maximum absolute atomic E-state index is 11.7. The van der Waals surface area contributed by atoms with Gasteiger partial charge in [-0.1, -0.05) is 25.1 Å². The predicted molar refractivity (Wildman–Crippen MR) is 69.5 cm³/mol. The topological polar surface area (TPSA) is 35.5 Å². The predicted octanol–water partition coefficient (Wildman–Crippen LogP) is 3.05. The molecule has 3 nitrogen and oxygen atoms in total. The van der Waals surface area contributed by atoms with E-state index in [1.165, 1.54) is 0 Å². The molecule has 0 aliphatic carbocycles. The molecule has 1 aliphatic heterocycles. The van der Waals surface area contributed by atoms with E-state index in [-0.39, 0.29) is 5.97 Å². The number of benzene rings is 1. The number of carbonyl (C=O) groups excluding carboxylic acids is 1. The van der Waals surface area contributed by atoms with Gasteiger partial charge in [0.25, 0.3) is 0 Å². The van der Waals surface area contributed by atoms with Gasteiger partial charge in [0.1, 0.15) is 0 Å². The Morgan fingerprint density at radius 3 is 2.89 bits per heavy atom. The van der Waals surface area contributed by atoms with E-state index in [4.69, 9.17) is 9.47 Å². The van der Waals surface area contributed by atoms with E-state index in [0.717, 1.165) is 25.9 Å². The Balaban J connectivity index is 1.72. The van der Waals surface area contributed by atoms with Gasteiger partial charge in [-0.25, -0.2) is 4.79 Å². The number of hydrogen-bond acceptors (Lipinski definition) is 3. The van der Waals surface area contributed by atoms with Crippen LogP contribution in [0.15, 0.2) is 30.3 Å². The molecule has 3 heteroatoms. The fraction of sp³-hybridized carbons (Fsp3) is 0.533. The third-order valence-corrected chi connectivity index (χ3v) is 3.20. The van der Waals surface area contributed by atoms with Crippen LogP contribution in [0.4, 0.5) is 0 Å². The second kappa shape index (κ2) is 6.55. The van der Waals surface area contributed by atoms with Gasteiger partial charge in [0.15, 0.2) is 0 Å². The maximum atomic E-state index is 11.7. The molecule has 1 heterocycles. The van der Waals surface area contributed by atoms with Crippen molar-refractivity contribution in [2.75, 3.05) is 13.2 Å². The van der Waals surface area contributed by atoms with E-state index < -0.39 is 0 Å². The van der Waals surface area contributed by atoms with Crippen molar-refractivity contribution in [3.05, 3.63) is 35.9 Å². The van der Waals surface area contributed by atoms with Crippen LogP contribution in [-0.4, -0.2) is 25.3 Å². The zero-order chi connectivity index (χ0) is 12.8. The Morgan fingerprint density at radius 2 is 2.22 bits per heavy atom. The van der Waals surface area contributed by atoms with Gasteiger partial charge in [-0.3, -0.25) is 0 Å². The van der Waals surface area contributed by atoms with Crippen molar-refractivity contribution in [3.8, 4) is 0 Å². The number of esters is 1. The summed E-state index contributed by atoms with van der Waals surface area (Å²) in [5, 5.41) is 0. The lowest BCUT2D eigenvalue weighted by Crippen LogP contribution is -2.17. The molecule has 1 saturated heterocycles. The van der Waals surface area contributed by atoms with Gasteiger partial charge in [0, 0.05) is 6.61 Å². The molecule has 0 radical (unpaired) electrons. The molecule has 0 bridgehead atoms. The van der Waals surface area contributed by atoms with Crippen LogP contribution in [0.1, 0.15) is 36.5 Å². The lowest BCUT2D eigenvalue weighted by Gasteiger charge is -2.16. The molecular weight excluding hydrogens is 228 g/mol. The van der Waals surface area contributed by atoms with Crippen molar-refractivity contribution < 1.29 is 14.3 Å². The van der Waals surface area contributed by atoms with Crippen molar-refractivity contribution in [1.29, 1.82) is 0 Å². The fourth-order valence-corrected chi connectivity index (χ4v) is 2.22. The molecular formula is C15H20O3. The molecule has 2 rings (SSSR count). The first-order valence-corrected chi connectivity index (χ1v) is 6.59. The summed E-state index contributed by atoms with van der Waals surface area (Å²) in [4.78, 5) is 11.7. The third-order valence-electron chi connectivity index (χ3n) is 3.20. The average molecular weight is 248 g/mol. The van der Waals surface area contributed by atoms with Gasteiger partial charge < -0.3 is 9.47 Å². The monoisotopic (exact) mass is 248 g/mol. The van der Waals surface area contributed by atoms with Gasteiger partial charge in [-0.2, -0.15) is 0 Å². The Hall–Kier alpha value is -1.35. The number of hydrogen-bond donors (Lipinski definition) is 0. The molecule has 2 atom stereocenters. The van der Waals surface area contributed by atoms with Crippen LogP contribution in [0.3, 0.4) is 0 Å². The van der Waals surface area contributed by atoms with Crippen molar-refractivity contribution in [1.82, 2.24) is 0 Å². The molecule has 1 aromatic carbocycles. The van der Waals surface area contributed by atoms with Crippen LogP contribution >= 0.6 is 0 Å². The molecule has 1 aliphatic rings. The number of rotatable bonds is 5. The molecule has 98 valence electrons. The van der Waals surface area contributed by atoms with E-state index in [0.29, 0.717) is 24.2 Å². The Labute approximate surface area is 108 Å². The van der Waals surface area contributed by atoms with Crippen molar-refractivity contribution in [2.45, 2.75) is 32.3 Å². The first kappa shape index (κ1) is 13.1. The molecule has 18 heavy (non-hydrogen) atoms. The second-order valence-corrected chi connectivity index (χ2v) is 4.94. The Morgan fingerprint density at radius 1 is 1.44 bits per heavy atom. The van der Waals surface area contributed by atoms with Crippen LogP contribution in [0.25, 0.3) is 0 Å². The van der Waals surface area contributed by atoms with Crippen LogP contribution in [0.5, 0.6) is 0 Å². The first-order valence-electron chi connectivity index (χ1n) is 6.59. The summed E-state index contributed by atoms with van der Waals surface area (Å²) in [6.07, 6.45) is 3.62. The highest BCUT2D eigenvalue weighted by Gasteiger charge is 2.19. The molecule has 0 spiro atoms. The normalized spacial score (nSPS) is 20.6. The standard InChI is InChI=1S/C15H20O3/c1-12(10-14-8-5-9-17-14)11-18-15(16)13-6-3-2-4-7-13/h2-4,6-7,12,14H,5,8-11H2,1H3. The summed E-state index contributed by atoms with van der Waals surface area (Å²) >= 11 is 0. The summed E-state index contributed by atoms with van der Waals surface area (Å²) in [7, 11) is 0.